The Labute approximate surface area is 99.5 Å². The molecule has 0 aliphatic rings. The third-order valence-electron chi connectivity index (χ3n) is 2.22. The molecule has 0 atom stereocenters. The van der Waals surface area contributed by atoms with Crippen LogP contribution in [0.2, 0.25) is 10.0 Å². The topological polar surface area (TPSA) is 0 Å². The highest BCUT2D eigenvalue weighted by Crippen LogP contribution is 2.26. The molecule has 0 saturated carbocycles. The van der Waals surface area contributed by atoms with Gasteiger partial charge in [0.25, 0.3) is 0 Å². The minimum atomic E-state index is 0.603. The van der Waals surface area contributed by atoms with Gasteiger partial charge in [-0.05, 0) is 17.2 Å². The summed E-state index contributed by atoms with van der Waals surface area (Å²) in [6.45, 7) is 0. The lowest BCUT2D eigenvalue weighted by Gasteiger charge is -2.06. The van der Waals surface area contributed by atoms with Gasteiger partial charge in [0.1, 0.15) is 0 Å². The Hall–Kier alpha value is -0.980. The van der Waals surface area contributed by atoms with Crippen LogP contribution in [0.5, 0.6) is 0 Å². The van der Waals surface area contributed by atoms with E-state index in [0.717, 1.165) is 12.0 Å². The van der Waals surface area contributed by atoms with Gasteiger partial charge in [-0.25, -0.2) is 0 Å². The Morgan fingerprint density at radius 3 is 2.40 bits per heavy atom. The Balaban J connectivity index is 2.32. The number of hydrogen-bond donors (Lipinski definition) is 0. The molecule has 0 nitrogen and oxygen atoms in total. The molecule has 75 valence electrons. The average molecular weight is 236 g/mol. The van der Waals surface area contributed by atoms with Gasteiger partial charge in [-0.15, -0.1) is 0 Å². The van der Waals surface area contributed by atoms with Crippen molar-refractivity contribution < 1.29 is 0 Å². The minimum Gasteiger partial charge on any atom is -0.0840 e. The van der Waals surface area contributed by atoms with Crippen molar-refractivity contribution in [3.05, 3.63) is 69.7 Å². The predicted octanol–water partition coefficient (Wildman–Crippen LogP) is 4.38. The number of rotatable bonds is 2. The van der Waals surface area contributed by atoms with E-state index in [1.165, 1.54) is 5.56 Å². The second-order valence-corrected chi connectivity index (χ2v) is 4.07. The summed E-state index contributed by atoms with van der Waals surface area (Å²) in [5.74, 6) is 0. The first-order valence-corrected chi connectivity index (χ1v) is 5.41. The first-order chi connectivity index (χ1) is 7.27. The van der Waals surface area contributed by atoms with Crippen LogP contribution in [0.3, 0.4) is 0 Å². The van der Waals surface area contributed by atoms with Gasteiger partial charge >= 0.3 is 0 Å². The summed E-state index contributed by atoms with van der Waals surface area (Å²) in [5.41, 5.74) is 2.13. The van der Waals surface area contributed by atoms with Crippen LogP contribution in [-0.2, 0) is 6.42 Å². The van der Waals surface area contributed by atoms with E-state index in [1.54, 1.807) is 6.07 Å². The molecule has 1 radical (unpaired) electrons. The fraction of sp³-hybridized carbons (Fsp3) is 0.0769. The lowest BCUT2D eigenvalue weighted by atomic mass is 10.1. The van der Waals surface area contributed by atoms with Gasteiger partial charge in [0.2, 0.25) is 0 Å². The molecule has 0 bridgehead atoms. The Morgan fingerprint density at radius 2 is 1.73 bits per heavy atom. The van der Waals surface area contributed by atoms with E-state index >= 15 is 0 Å². The van der Waals surface area contributed by atoms with Crippen LogP contribution >= 0.6 is 23.2 Å². The molecule has 0 aliphatic heterocycles. The second kappa shape index (κ2) is 4.69. The molecule has 0 amide bonds. The largest absolute Gasteiger partial charge is 0.0840 e. The third-order valence-corrected chi connectivity index (χ3v) is 2.91. The maximum Gasteiger partial charge on any atom is 0.0535 e. The van der Waals surface area contributed by atoms with Gasteiger partial charge in [0.15, 0.2) is 0 Å². The molecule has 2 rings (SSSR count). The van der Waals surface area contributed by atoms with Crippen LogP contribution in [0.4, 0.5) is 0 Å². The van der Waals surface area contributed by atoms with Crippen molar-refractivity contribution in [3.8, 4) is 0 Å². The third kappa shape index (κ3) is 2.53. The van der Waals surface area contributed by atoms with Crippen molar-refractivity contribution in [2.45, 2.75) is 6.42 Å². The van der Waals surface area contributed by atoms with Gasteiger partial charge in [-0.3, -0.25) is 0 Å². The first-order valence-electron chi connectivity index (χ1n) is 4.66. The zero-order valence-electron chi connectivity index (χ0n) is 8.00. The Kier molecular flexibility index (Phi) is 3.30. The summed E-state index contributed by atoms with van der Waals surface area (Å²) < 4.78 is 0. The van der Waals surface area contributed by atoms with Crippen molar-refractivity contribution in [3.63, 3.8) is 0 Å². The van der Waals surface area contributed by atoms with Crippen LogP contribution in [0.1, 0.15) is 11.1 Å². The Morgan fingerprint density at radius 1 is 1.00 bits per heavy atom. The van der Waals surface area contributed by atoms with Crippen LogP contribution in [0.15, 0.2) is 42.5 Å². The van der Waals surface area contributed by atoms with Gasteiger partial charge in [-0.2, -0.15) is 0 Å². The van der Waals surface area contributed by atoms with Crippen LogP contribution in [-0.4, -0.2) is 0 Å². The highest BCUT2D eigenvalue weighted by molar-refractivity contribution is 6.35. The number of halogens is 2. The fourth-order valence-electron chi connectivity index (χ4n) is 1.44. The average Bonchev–Trinajstić information content (AvgIpc) is 2.25. The smallest absolute Gasteiger partial charge is 0.0535 e. The lowest BCUT2D eigenvalue weighted by Crippen LogP contribution is -1.90. The molecule has 15 heavy (non-hydrogen) atoms. The van der Waals surface area contributed by atoms with Gasteiger partial charge in [0.05, 0.1) is 5.02 Å². The molecule has 0 fully saturated rings. The highest BCUT2D eigenvalue weighted by atomic mass is 35.5. The summed E-state index contributed by atoms with van der Waals surface area (Å²) in [5, 5.41) is 1.30. The summed E-state index contributed by atoms with van der Waals surface area (Å²) in [6, 6.07) is 16.6. The molecule has 2 aromatic rings. The van der Waals surface area contributed by atoms with Gasteiger partial charge in [0, 0.05) is 17.5 Å². The first kappa shape index (κ1) is 10.5. The van der Waals surface area contributed by atoms with E-state index in [-0.39, 0.29) is 0 Å². The molecular weight excluding hydrogens is 227 g/mol. The molecular formula is C13H9Cl2. The predicted molar refractivity (Wildman–Crippen MR) is 64.5 cm³/mol. The van der Waals surface area contributed by atoms with Crippen LogP contribution < -0.4 is 0 Å². The van der Waals surface area contributed by atoms with E-state index in [4.69, 9.17) is 23.2 Å². The zero-order valence-corrected chi connectivity index (χ0v) is 9.52. The maximum atomic E-state index is 6.07. The van der Waals surface area contributed by atoms with E-state index in [2.05, 4.69) is 18.2 Å². The van der Waals surface area contributed by atoms with Crippen LogP contribution in [0.25, 0.3) is 0 Å². The lowest BCUT2D eigenvalue weighted by molar-refractivity contribution is 1.19. The van der Waals surface area contributed by atoms with Crippen molar-refractivity contribution in [1.82, 2.24) is 0 Å². The molecule has 0 N–H and O–H groups in total. The quantitative estimate of drug-likeness (QED) is 0.725. The monoisotopic (exact) mass is 235 g/mol. The maximum absolute atomic E-state index is 6.07. The van der Waals surface area contributed by atoms with Crippen molar-refractivity contribution in [2.24, 2.45) is 0 Å². The molecule has 0 aromatic heterocycles. The molecule has 0 aliphatic carbocycles. The minimum absolute atomic E-state index is 0.603. The zero-order chi connectivity index (χ0) is 10.7. The Bertz CT molecular complexity index is 429. The molecule has 0 spiro atoms. The highest BCUT2D eigenvalue weighted by Gasteiger charge is 2.05. The number of hydrogen-bond acceptors (Lipinski definition) is 0. The fourth-order valence-corrected chi connectivity index (χ4v) is 1.95. The second-order valence-electron chi connectivity index (χ2n) is 3.28. The summed E-state index contributed by atoms with van der Waals surface area (Å²) in [6.07, 6.45) is 0.746. The summed E-state index contributed by atoms with van der Waals surface area (Å²) in [7, 11) is 0. The van der Waals surface area contributed by atoms with Crippen molar-refractivity contribution >= 4 is 23.2 Å². The number of benzene rings is 2. The molecule has 0 heterocycles. The SMILES string of the molecule is Clc1[c]ccc(Cl)c1Cc1ccccc1. The van der Waals surface area contributed by atoms with Gasteiger partial charge < -0.3 is 0 Å². The standard InChI is InChI=1S/C13H9Cl2/c14-12-7-4-8-13(15)11(12)9-10-5-2-1-3-6-10/h1-7H,9H2. The van der Waals surface area contributed by atoms with Crippen molar-refractivity contribution in [1.29, 1.82) is 0 Å². The summed E-state index contributed by atoms with van der Waals surface area (Å²) in [4.78, 5) is 0. The van der Waals surface area contributed by atoms with E-state index in [1.807, 2.05) is 24.3 Å². The molecule has 2 heteroatoms. The molecule has 0 unspecified atom stereocenters. The van der Waals surface area contributed by atoms with E-state index in [9.17, 15) is 0 Å². The molecule has 0 saturated heterocycles. The molecule has 2 aromatic carbocycles. The van der Waals surface area contributed by atoms with Gasteiger partial charge in [-0.1, -0.05) is 59.6 Å². The summed E-state index contributed by atoms with van der Waals surface area (Å²) >= 11 is 12.1. The normalized spacial score (nSPS) is 10.3. The van der Waals surface area contributed by atoms with E-state index in [0.29, 0.717) is 10.0 Å². The van der Waals surface area contributed by atoms with Crippen LogP contribution in [0, 0.1) is 6.07 Å². The van der Waals surface area contributed by atoms with E-state index < -0.39 is 0 Å². The van der Waals surface area contributed by atoms with Crippen molar-refractivity contribution in [2.75, 3.05) is 0 Å².